The molecule has 3 aliphatic rings. The summed E-state index contributed by atoms with van der Waals surface area (Å²) in [6.07, 6.45) is 5.68. The Balaban J connectivity index is 0.000000186. The highest BCUT2D eigenvalue weighted by atomic mass is 32.2. The summed E-state index contributed by atoms with van der Waals surface area (Å²) in [4.78, 5) is 2.53. The number of thioether (sulfide) groups is 2. The summed E-state index contributed by atoms with van der Waals surface area (Å²) >= 11 is 4.10. The van der Waals surface area contributed by atoms with E-state index in [1.165, 1.54) is 74.9 Å². The van der Waals surface area contributed by atoms with Crippen molar-refractivity contribution >= 4 is 23.5 Å². The zero-order valence-corrected chi connectivity index (χ0v) is 13.6. The topological polar surface area (TPSA) is 24.5 Å². The second kappa shape index (κ2) is 10.3. The lowest BCUT2D eigenvalue weighted by Crippen LogP contribution is -2.42. The molecule has 3 heterocycles. The summed E-state index contributed by atoms with van der Waals surface area (Å²) in [7, 11) is 0. The highest BCUT2D eigenvalue weighted by Gasteiger charge is 2.22. The van der Waals surface area contributed by atoms with Crippen LogP contribution >= 0.6 is 23.5 Å². The zero-order valence-electron chi connectivity index (χ0n) is 11.9. The minimum absolute atomic E-state index is 0.448. The molecular weight excluding hydrogens is 276 g/mol. The van der Waals surface area contributed by atoms with Crippen molar-refractivity contribution in [3.63, 3.8) is 0 Å². The number of ether oxygens (including phenoxy) is 1. The maximum atomic E-state index is 5.86. The average Bonchev–Trinajstić information content (AvgIpc) is 2.80. The Morgan fingerprint density at radius 1 is 0.895 bits per heavy atom. The van der Waals surface area contributed by atoms with Crippen molar-refractivity contribution in [1.82, 2.24) is 10.2 Å². The van der Waals surface area contributed by atoms with Gasteiger partial charge in [0.1, 0.15) is 6.23 Å². The van der Waals surface area contributed by atoms with Crippen LogP contribution in [0.5, 0.6) is 0 Å². The first-order valence-corrected chi connectivity index (χ1v) is 9.99. The van der Waals surface area contributed by atoms with Crippen LogP contribution in [0.25, 0.3) is 0 Å². The number of nitrogens with one attached hydrogen (secondary N) is 1. The fourth-order valence-electron chi connectivity index (χ4n) is 2.57. The van der Waals surface area contributed by atoms with Crippen LogP contribution in [0.4, 0.5) is 0 Å². The SMILES string of the molecule is C1CCOC(N2CCSCC2)CC1.C1CSCCN1. The molecule has 19 heavy (non-hydrogen) atoms. The molecule has 3 saturated heterocycles. The maximum Gasteiger partial charge on any atom is 0.110 e. The number of nitrogens with zero attached hydrogens (tertiary/aromatic N) is 1. The summed E-state index contributed by atoms with van der Waals surface area (Å²) in [5.41, 5.74) is 0. The number of hydrogen-bond acceptors (Lipinski definition) is 5. The molecule has 3 fully saturated rings. The predicted molar refractivity (Wildman–Crippen MR) is 87.3 cm³/mol. The van der Waals surface area contributed by atoms with Crippen LogP contribution in [0.2, 0.25) is 0 Å². The largest absolute Gasteiger partial charge is 0.363 e. The summed E-state index contributed by atoms with van der Waals surface area (Å²) in [5.74, 6) is 5.19. The van der Waals surface area contributed by atoms with E-state index in [-0.39, 0.29) is 0 Å². The molecule has 3 aliphatic heterocycles. The Kier molecular flexibility index (Phi) is 8.67. The molecule has 0 amide bonds. The molecule has 0 aliphatic carbocycles. The molecule has 1 N–H and O–H groups in total. The van der Waals surface area contributed by atoms with Gasteiger partial charge in [-0.1, -0.05) is 6.42 Å². The van der Waals surface area contributed by atoms with Crippen LogP contribution in [0.3, 0.4) is 0 Å². The van der Waals surface area contributed by atoms with E-state index in [1.54, 1.807) is 0 Å². The first-order chi connectivity index (χ1) is 9.47. The van der Waals surface area contributed by atoms with E-state index in [1.807, 2.05) is 11.8 Å². The Bertz CT molecular complexity index is 202. The molecule has 0 aromatic heterocycles. The summed E-state index contributed by atoms with van der Waals surface area (Å²) < 4.78 is 5.86. The van der Waals surface area contributed by atoms with Gasteiger partial charge in [0, 0.05) is 55.8 Å². The zero-order chi connectivity index (χ0) is 13.2. The predicted octanol–water partition coefficient (Wildman–Crippen LogP) is 2.27. The molecule has 0 bridgehead atoms. The van der Waals surface area contributed by atoms with Crippen molar-refractivity contribution in [2.45, 2.75) is 31.9 Å². The Labute approximate surface area is 126 Å². The molecule has 0 spiro atoms. The molecule has 0 saturated carbocycles. The molecule has 1 unspecified atom stereocenters. The third-order valence-electron chi connectivity index (χ3n) is 3.70. The fourth-order valence-corrected chi connectivity index (χ4v) is 4.28. The lowest BCUT2D eigenvalue weighted by Gasteiger charge is -2.33. The second-order valence-corrected chi connectivity index (χ2v) is 7.63. The standard InChI is InChI=1S/C10H19NOS.C4H9NS/c1-2-4-10(12-7-3-1)11-5-8-13-9-6-11;1-3-6-4-2-5-1/h10H,1-9H2;5H,1-4H2. The van der Waals surface area contributed by atoms with E-state index in [0.29, 0.717) is 6.23 Å². The fraction of sp³-hybridized carbons (Fsp3) is 1.00. The minimum atomic E-state index is 0.448. The number of hydrogen-bond donors (Lipinski definition) is 1. The smallest absolute Gasteiger partial charge is 0.110 e. The lowest BCUT2D eigenvalue weighted by atomic mass is 10.2. The van der Waals surface area contributed by atoms with Crippen LogP contribution in [-0.2, 0) is 4.74 Å². The van der Waals surface area contributed by atoms with Crippen LogP contribution < -0.4 is 5.32 Å². The van der Waals surface area contributed by atoms with Crippen molar-refractivity contribution < 1.29 is 4.74 Å². The lowest BCUT2D eigenvalue weighted by molar-refractivity contribution is -0.0522. The molecule has 0 aromatic rings. The molecule has 112 valence electrons. The summed E-state index contributed by atoms with van der Waals surface area (Å²) in [6.45, 7) is 5.87. The Morgan fingerprint density at radius 3 is 2.26 bits per heavy atom. The molecule has 0 radical (unpaired) electrons. The van der Waals surface area contributed by atoms with Crippen LogP contribution in [0.1, 0.15) is 25.7 Å². The molecule has 5 heteroatoms. The van der Waals surface area contributed by atoms with Crippen molar-refractivity contribution in [3.8, 4) is 0 Å². The first-order valence-electron chi connectivity index (χ1n) is 7.69. The number of rotatable bonds is 1. The van der Waals surface area contributed by atoms with Gasteiger partial charge in [0.25, 0.3) is 0 Å². The van der Waals surface area contributed by atoms with Gasteiger partial charge in [0.05, 0.1) is 0 Å². The van der Waals surface area contributed by atoms with Crippen molar-refractivity contribution in [1.29, 1.82) is 0 Å². The molecule has 1 atom stereocenters. The molecule has 0 aromatic carbocycles. The normalized spacial score (nSPS) is 30.0. The van der Waals surface area contributed by atoms with Gasteiger partial charge in [0.2, 0.25) is 0 Å². The third kappa shape index (κ3) is 6.71. The van der Waals surface area contributed by atoms with Crippen LogP contribution in [0.15, 0.2) is 0 Å². The van der Waals surface area contributed by atoms with Gasteiger partial charge in [-0.2, -0.15) is 23.5 Å². The minimum Gasteiger partial charge on any atom is -0.363 e. The third-order valence-corrected chi connectivity index (χ3v) is 5.63. The van der Waals surface area contributed by atoms with Crippen molar-refractivity contribution in [3.05, 3.63) is 0 Å². The quantitative estimate of drug-likeness (QED) is 0.801. The summed E-state index contributed by atoms with van der Waals surface area (Å²) in [5, 5.41) is 3.26. The van der Waals surface area contributed by atoms with Gasteiger partial charge in [-0.3, -0.25) is 4.90 Å². The Morgan fingerprint density at radius 2 is 1.63 bits per heavy atom. The highest BCUT2D eigenvalue weighted by Crippen LogP contribution is 2.19. The van der Waals surface area contributed by atoms with Gasteiger partial charge in [-0.15, -0.1) is 0 Å². The van der Waals surface area contributed by atoms with E-state index in [2.05, 4.69) is 22.0 Å². The Hall–Kier alpha value is 0.580. The average molecular weight is 305 g/mol. The second-order valence-electron chi connectivity index (χ2n) is 5.19. The summed E-state index contributed by atoms with van der Waals surface area (Å²) in [6, 6.07) is 0. The van der Waals surface area contributed by atoms with Gasteiger partial charge in [-0.05, 0) is 19.3 Å². The van der Waals surface area contributed by atoms with Gasteiger partial charge in [0.15, 0.2) is 0 Å². The van der Waals surface area contributed by atoms with E-state index in [4.69, 9.17) is 4.74 Å². The first kappa shape index (κ1) is 16.0. The van der Waals surface area contributed by atoms with Gasteiger partial charge >= 0.3 is 0 Å². The maximum absolute atomic E-state index is 5.86. The monoisotopic (exact) mass is 304 g/mol. The molecule has 3 nitrogen and oxygen atoms in total. The van der Waals surface area contributed by atoms with Crippen molar-refractivity contribution in [2.24, 2.45) is 0 Å². The molecule has 3 rings (SSSR count). The van der Waals surface area contributed by atoms with E-state index < -0.39 is 0 Å². The molecular formula is C14H28N2OS2. The van der Waals surface area contributed by atoms with E-state index in [9.17, 15) is 0 Å². The van der Waals surface area contributed by atoms with E-state index in [0.717, 1.165) is 6.61 Å². The van der Waals surface area contributed by atoms with Crippen LogP contribution in [0, 0.1) is 0 Å². The van der Waals surface area contributed by atoms with Crippen molar-refractivity contribution in [2.75, 3.05) is 55.8 Å². The highest BCUT2D eigenvalue weighted by molar-refractivity contribution is 7.99. The van der Waals surface area contributed by atoms with Gasteiger partial charge in [-0.25, -0.2) is 0 Å². The van der Waals surface area contributed by atoms with Gasteiger partial charge < -0.3 is 10.1 Å². The van der Waals surface area contributed by atoms with Crippen LogP contribution in [-0.4, -0.2) is 66.9 Å². The van der Waals surface area contributed by atoms with E-state index >= 15 is 0 Å².